The molecular weight excluding hydrogens is 358 g/mol. The van der Waals surface area contributed by atoms with E-state index in [4.69, 9.17) is 4.42 Å². The third-order valence-corrected chi connectivity index (χ3v) is 4.64. The van der Waals surface area contributed by atoms with Crippen LogP contribution in [-0.4, -0.2) is 31.3 Å². The number of anilines is 1. The van der Waals surface area contributed by atoms with Crippen LogP contribution in [0.5, 0.6) is 0 Å². The number of para-hydroxylation sites is 1. The lowest BCUT2D eigenvalue weighted by atomic mass is 10.1. The Kier molecular flexibility index (Phi) is 5.03. The summed E-state index contributed by atoms with van der Waals surface area (Å²) in [5, 5.41) is 22.3. The lowest BCUT2D eigenvalue weighted by Crippen LogP contribution is -2.16. The van der Waals surface area contributed by atoms with Gasteiger partial charge >= 0.3 is 0 Å². The Balaban J connectivity index is 1.68. The smallest absolute Gasteiger partial charge is 0.293 e. The molecular formula is C16H15N5O4S. The summed E-state index contributed by atoms with van der Waals surface area (Å²) in [4.78, 5) is 22.8. The number of rotatable bonds is 6. The highest BCUT2D eigenvalue weighted by Crippen LogP contribution is 2.28. The number of carbonyl (C=O) groups is 1. The number of hydrogen-bond donors (Lipinski definition) is 1. The molecule has 3 aromatic rings. The van der Waals surface area contributed by atoms with Gasteiger partial charge < -0.3 is 14.3 Å². The molecule has 0 aliphatic rings. The normalized spacial score (nSPS) is 10.7. The van der Waals surface area contributed by atoms with Gasteiger partial charge in [0.1, 0.15) is 5.69 Å². The fraction of sp³-hybridized carbons (Fsp3) is 0.188. The van der Waals surface area contributed by atoms with E-state index in [1.807, 2.05) is 0 Å². The molecule has 1 amide bonds. The lowest BCUT2D eigenvalue weighted by molar-refractivity contribution is -0.384. The van der Waals surface area contributed by atoms with Crippen molar-refractivity contribution in [2.45, 2.75) is 12.1 Å². The van der Waals surface area contributed by atoms with E-state index in [0.29, 0.717) is 22.3 Å². The third-order valence-electron chi connectivity index (χ3n) is 3.62. The van der Waals surface area contributed by atoms with Gasteiger partial charge in [0.2, 0.25) is 5.91 Å². The zero-order valence-corrected chi connectivity index (χ0v) is 14.8. The molecule has 1 aromatic carbocycles. The van der Waals surface area contributed by atoms with E-state index in [-0.39, 0.29) is 23.0 Å². The van der Waals surface area contributed by atoms with Crippen molar-refractivity contribution in [2.24, 2.45) is 7.05 Å². The topological polar surface area (TPSA) is 116 Å². The summed E-state index contributed by atoms with van der Waals surface area (Å²) < 4.78 is 7.01. The molecule has 134 valence electrons. The van der Waals surface area contributed by atoms with Gasteiger partial charge in [0.25, 0.3) is 5.69 Å². The molecule has 26 heavy (non-hydrogen) atoms. The molecule has 1 N–H and O–H groups in total. The highest BCUT2D eigenvalue weighted by Gasteiger charge is 2.19. The second kappa shape index (κ2) is 7.40. The molecule has 0 radical (unpaired) electrons. The van der Waals surface area contributed by atoms with E-state index in [2.05, 4.69) is 15.5 Å². The van der Waals surface area contributed by atoms with Crippen LogP contribution in [0.1, 0.15) is 5.56 Å². The predicted octanol–water partition coefficient (Wildman–Crippen LogP) is 3.02. The molecule has 2 heterocycles. The Morgan fingerprint density at radius 1 is 1.35 bits per heavy atom. The van der Waals surface area contributed by atoms with Gasteiger partial charge in [0.15, 0.2) is 16.7 Å². The molecule has 0 spiro atoms. The number of nitro benzene ring substituents is 1. The first-order valence-electron chi connectivity index (χ1n) is 7.57. The van der Waals surface area contributed by atoms with E-state index < -0.39 is 4.92 Å². The minimum absolute atomic E-state index is 0.0373. The number of nitrogens with zero attached hydrogens (tertiary/aromatic N) is 4. The average Bonchev–Trinajstić information content (AvgIpc) is 3.24. The molecule has 0 unspecified atom stereocenters. The Morgan fingerprint density at radius 3 is 2.85 bits per heavy atom. The highest BCUT2D eigenvalue weighted by molar-refractivity contribution is 7.99. The highest BCUT2D eigenvalue weighted by atomic mass is 32.2. The molecule has 0 saturated carbocycles. The van der Waals surface area contributed by atoms with Gasteiger partial charge in [-0.2, -0.15) is 0 Å². The minimum atomic E-state index is -0.520. The lowest BCUT2D eigenvalue weighted by Gasteiger charge is -2.08. The van der Waals surface area contributed by atoms with Gasteiger partial charge in [0, 0.05) is 13.1 Å². The summed E-state index contributed by atoms with van der Waals surface area (Å²) >= 11 is 1.18. The zero-order valence-electron chi connectivity index (χ0n) is 14.0. The monoisotopic (exact) mass is 373 g/mol. The van der Waals surface area contributed by atoms with Gasteiger partial charge in [-0.15, -0.1) is 10.2 Å². The maximum absolute atomic E-state index is 12.2. The quantitative estimate of drug-likeness (QED) is 0.401. The number of aryl methyl sites for hydroxylation is 1. The van der Waals surface area contributed by atoms with E-state index in [0.717, 1.165) is 0 Å². The van der Waals surface area contributed by atoms with Crippen LogP contribution in [0.4, 0.5) is 11.4 Å². The first-order valence-corrected chi connectivity index (χ1v) is 8.56. The minimum Gasteiger partial charge on any atom is -0.461 e. The molecule has 2 aromatic heterocycles. The summed E-state index contributed by atoms with van der Waals surface area (Å²) in [7, 11) is 1.77. The van der Waals surface area contributed by atoms with Crippen LogP contribution in [0, 0.1) is 17.0 Å². The Hall–Kier alpha value is -3.14. The van der Waals surface area contributed by atoms with Crippen molar-refractivity contribution in [3.8, 4) is 11.6 Å². The molecule has 9 nitrogen and oxygen atoms in total. The van der Waals surface area contributed by atoms with Crippen LogP contribution in [0.25, 0.3) is 11.6 Å². The summed E-state index contributed by atoms with van der Waals surface area (Å²) in [5.74, 6) is 0.796. The molecule has 0 aliphatic heterocycles. The van der Waals surface area contributed by atoms with Crippen LogP contribution < -0.4 is 5.32 Å². The summed E-state index contributed by atoms with van der Waals surface area (Å²) in [6.45, 7) is 1.70. The largest absolute Gasteiger partial charge is 0.461 e. The second-order valence-electron chi connectivity index (χ2n) is 5.41. The molecule has 0 saturated heterocycles. The van der Waals surface area contributed by atoms with Gasteiger partial charge in [-0.25, -0.2) is 0 Å². The van der Waals surface area contributed by atoms with Crippen molar-refractivity contribution in [2.75, 3.05) is 11.1 Å². The third kappa shape index (κ3) is 3.59. The first kappa shape index (κ1) is 17.7. The van der Waals surface area contributed by atoms with Gasteiger partial charge in [-0.1, -0.05) is 23.9 Å². The van der Waals surface area contributed by atoms with Crippen LogP contribution in [0.3, 0.4) is 0 Å². The number of nitrogens with one attached hydrogen (secondary N) is 1. The Bertz CT molecular complexity index is 952. The van der Waals surface area contributed by atoms with E-state index in [1.165, 1.54) is 17.8 Å². The van der Waals surface area contributed by atoms with Crippen molar-refractivity contribution < 1.29 is 14.1 Å². The zero-order chi connectivity index (χ0) is 18.7. The maximum atomic E-state index is 12.2. The van der Waals surface area contributed by atoms with Gasteiger partial charge in [-0.05, 0) is 24.6 Å². The molecule has 3 rings (SSSR count). The average molecular weight is 373 g/mol. The molecule has 0 bridgehead atoms. The number of benzene rings is 1. The molecule has 10 heteroatoms. The molecule has 0 atom stereocenters. The van der Waals surface area contributed by atoms with Gasteiger partial charge in [0.05, 0.1) is 16.9 Å². The number of aromatic nitrogens is 3. The summed E-state index contributed by atoms with van der Waals surface area (Å²) in [6.07, 6.45) is 1.54. The van der Waals surface area contributed by atoms with Crippen molar-refractivity contribution in [3.63, 3.8) is 0 Å². The van der Waals surface area contributed by atoms with Gasteiger partial charge in [-0.3, -0.25) is 14.9 Å². The fourth-order valence-electron chi connectivity index (χ4n) is 2.33. The van der Waals surface area contributed by atoms with Crippen molar-refractivity contribution in [1.29, 1.82) is 0 Å². The number of thioether (sulfide) groups is 1. The number of carbonyl (C=O) groups excluding carboxylic acids is 1. The predicted molar refractivity (Wildman–Crippen MR) is 95.9 cm³/mol. The van der Waals surface area contributed by atoms with Crippen LogP contribution in [-0.2, 0) is 11.8 Å². The van der Waals surface area contributed by atoms with E-state index >= 15 is 0 Å². The number of nitro groups is 1. The van der Waals surface area contributed by atoms with Crippen LogP contribution in [0.2, 0.25) is 0 Å². The number of hydrogen-bond acceptors (Lipinski definition) is 7. The first-order chi connectivity index (χ1) is 12.5. The molecule has 0 fully saturated rings. The van der Waals surface area contributed by atoms with Crippen LogP contribution in [0.15, 0.2) is 46.2 Å². The van der Waals surface area contributed by atoms with Crippen LogP contribution >= 0.6 is 11.8 Å². The standard InChI is InChI=1S/C16H15N5O4S/c1-10-5-3-6-11(21(23)24)14(10)17-13(22)9-26-16-19-18-15(20(16)2)12-7-4-8-25-12/h3-8H,9H2,1-2H3,(H,17,22). The fourth-order valence-corrected chi connectivity index (χ4v) is 3.04. The Morgan fingerprint density at radius 2 is 2.15 bits per heavy atom. The maximum Gasteiger partial charge on any atom is 0.293 e. The van der Waals surface area contributed by atoms with Crippen molar-refractivity contribution in [1.82, 2.24) is 14.8 Å². The number of amides is 1. The Labute approximate surface area is 152 Å². The summed E-state index contributed by atoms with van der Waals surface area (Å²) in [5.41, 5.74) is 0.691. The summed E-state index contributed by atoms with van der Waals surface area (Å²) in [6, 6.07) is 8.15. The molecule has 0 aliphatic carbocycles. The van der Waals surface area contributed by atoms with E-state index in [1.54, 1.807) is 49.1 Å². The SMILES string of the molecule is Cc1cccc([N+](=O)[O-])c1NC(=O)CSc1nnc(-c2ccco2)n1C. The van der Waals surface area contributed by atoms with Crippen molar-refractivity contribution >= 4 is 29.0 Å². The van der Waals surface area contributed by atoms with Crippen molar-refractivity contribution in [3.05, 3.63) is 52.3 Å². The van der Waals surface area contributed by atoms with E-state index in [9.17, 15) is 14.9 Å². The number of furan rings is 1. The second-order valence-corrected chi connectivity index (χ2v) is 6.35.